The first-order valence-corrected chi connectivity index (χ1v) is 7.84. The Hall–Kier alpha value is 0.276. The zero-order chi connectivity index (χ0) is 10.0. The summed E-state index contributed by atoms with van der Waals surface area (Å²) in [5.74, 6) is 0. The topological polar surface area (TPSA) is 0 Å². The van der Waals surface area contributed by atoms with Gasteiger partial charge in [-0.3, -0.25) is 0 Å². The van der Waals surface area contributed by atoms with Crippen molar-refractivity contribution >= 4 is 28.3 Å². The van der Waals surface area contributed by atoms with E-state index in [1.54, 1.807) is 0 Å². The second-order valence-electron chi connectivity index (χ2n) is 3.68. The molecule has 68 valence electrons. The zero-order valence-corrected chi connectivity index (χ0v) is 11.0. The molecule has 0 nitrogen and oxygen atoms in total. The van der Waals surface area contributed by atoms with E-state index in [4.69, 9.17) is 9.07 Å². The van der Waals surface area contributed by atoms with Crippen LogP contribution >= 0.6 is 9.07 Å². The average Bonchev–Trinajstić information content (AvgIpc) is 2.09. The van der Waals surface area contributed by atoms with E-state index in [-0.39, 0.29) is 19.3 Å². The number of rotatable bonds is 2. The van der Waals surface area contributed by atoms with E-state index in [0.717, 1.165) is 4.55 Å². The van der Waals surface area contributed by atoms with Gasteiger partial charge in [0, 0.05) is 0 Å². The molecule has 0 aromatic heterocycles. The van der Waals surface area contributed by atoms with E-state index in [2.05, 4.69) is 33.8 Å². The van der Waals surface area contributed by atoms with E-state index < -0.39 is 0 Å². The first-order valence-electron chi connectivity index (χ1n) is 4.70. The quantitative estimate of drug-likeness (QED) is 0.652. The summed E-state index contributed by atoms with van der Waals surface area (Å²) in [5.41, 5.74) is 7.18. The molecule has 0 atom stereocenters. The Morgan fingerprint density at radius 3 is 2.23 bits per heavy atom. The van der Waals surface area contributed by atoms with Crippen LogP contribution in [0, 0.1) is 27.7 Å². The first kappa shape index (κ1) is 11.4. The Kier molecular flexibility index (Phi) is 4.08. The summed E-state index contributed by atoms with van der Waals surface area (Å²) in [5, 5.41) is 0. The molecule has 0 aliphatic rings. The molecular weight excluding hydrogens is 192 g/mol. The molecule has 0 saturated heterocycles. The van der Waals surface area contributed by atoms with Crippen molar-refractivity contribution in [3.8, 4) is 0 Å². The molecule has 0 heterocycles. The van der Waals surface area contributed by atoms with Crippen molar-refractivity contribution in [2.24, 2.45) is 0 Å². The third-order valence-corrected chi connectivity index (χ3v) is 4.12. The van der Waals surface area contributed by atoms with Crippen LogP contribution in [0.2, 0.25) is 0 Å². The SMILES string of the molecule is Cc1cc(C)c([CH2][Mg][Cl])c(C)c1C. The maximum absolute atomic E-state index is 5.91. The summed E-state index contributed by atoms with van der Waals surface area (Å²) in [6.07, 6.45) is 0. The van der Waals surface area contributed by atoms with E-state index in [0.29, 0.717) is 0 Å². The number of hydrogen-bond acceptors (Lipinski definition) is 0. The van der Waals surface area contributed by atoms with Gasteiger partial charge >= 0.3 is 19.3 Å². The third-order valence-electron chi connectivity index (χ3n) is 2.86. The Morgan fingerprint density at radius 1 is 1.08 bits per heavy atom. The number of hydrogen-bond donors (Lipinski definition) is 0. The molecule has 1 rings (SSSR count). The molecular formula is C11H15ClMg. The van der Waals surface area contributed by atoms with Crippen molar-refractivity contribution in [2.45, 2.75) is 32.2 Å². The summed E-state index contributed by atoms with van der Waals surface area (Å²) in [6, 6.07) is 2.28. The normalized spacial score (nSPS) is 9.92. The lowest BCUT2D eigenvalue weighted by Crippen LogP contribution is -2.01. The number of halogens is 1. The molecule has 0 unspecified atom stereocenters. The molecule has 0 aliphatic heterocycles. The van der Waals surface area contributed by atoms with Crippen molar-refractivity contribution in [3.63, 3.8) is 0 Å². The molecule has 2 heteroatoms. The maximum Gasteiger partial charge on any atom is 0.505 e. The van der Waals surface area contributed by atoms with Crippen molar-refractivity contribution in [1.29, 1.82) is 0 Å². The van der Waals surface area contributed by atoms with Gasteiger partial charge in [-0.25, -0.2) is 0 Å². The van der Waals surface area contributed by atoms with Crippen molar-refractivity contribution in [3.05, 3.63) is 33.9 Å². The van der Waals surface area contributed by atoms with Gasteiger partial charge in [0.25, 0.3) is 0 Å². The molecule has 0 bridgehead atoms. The van der Waals surface area contributed by atoms with E-state index in [1.165, 1.54) is 27.8 Å². The summed E-state index contributed by atoms with van der Waals surface area (Å²) in [4.78, 5) is 0. The molecule has 1 aromatic carbocycles. The Labute approximate surface area is 94.2 Å². The average molecular weight is 207 g/mol. The second kappa shape index (κ2) is 4.67. The highest BCUT2D eigenvalue weighted by Crippen LogP contribution is 2.21. The lowest BCUT2D eigenvalue weighted by molar-refractivity contribution is 1.16. The Bertz CT molecular complexity index is 318. The molecule has 0 amide bonds. The highest BCUT2D eigenvalue weighted by Gasteiger charge is 2.07. The number of benzene rings is 1. The molecule has 0 aliphatic carbocycles. The lowest BCUT2D eigenvalue weighted by atomic mass is 9.95. The fraction of sp³-hybridized carbons (Fsp3) is 0.455. The molecule has 13 heavy (non-hydrogen) atoms. The molecule has 0 radical (unpaired) electrons. The van der Waals surface area contributed by atoms with Crippen LogP contribution in [0.1, 0.15) is 27.8 Å². The van der Waals surface area contributed by atoms with E-state index in [9.17, 15) is 0 Å². The Morgan fingerprint density at radius 2 is 1.69 bits per heavy atom. The Balaban J connectivity index is 3.26. The van der Waals surface area contributed by atoms with Crippen LogP contribution in [0.15, 0.2) is 6.07 Å². The zero-order valence-electron chi connectivity index (χ0n) is 8.87. The largest absolute Gasteiger partial charge is 0.505 e. The minimum atomic E-state index is -0.383. The van der Waals surface area contributed by atoms with Gasteiger partial charge in [0.05, 0.1) is 0 Å². The summed E-state index contributed by atoms with van der Waals surface area (Å²) in [7, 11) is 5.91. The standard InChI is InChI=1S/C11H15.ClH.Mg/c1-7-6-8(2)10(4)11(5)9(7)3;;/h6H,3H2,1-2,4-5H3;1H;/q;;+1/p-1. The van der Waals surface area contributed by atoms with Gasteiger partial charge in [-0.05, 0) is 49.9 Å². The van der Waals surface area contributed by atoms with Gasteiger partial charge in [0.15, 0.2) is 0 Å². The highest BCUT2D eigenvalue weighted by molar-refractivity contribution is 6.93. The molecule has 0 saturated carbocycles. The van der Waals surface area contributed by atoms with Crippen LogP contribution in [-0.4, -0.2) is 19.3 Å². The van der Waals surface area contributed by atoms with Gasteiger partial charge in [0.1, 0.15) is 0 Å². The van der Waals surface area contributed by atoms with Gasteiger partial charge in [-0.1, -0.05) is 16.2 Å². The minimum absolute atomic E-state index is 0.383. The lowest BCUT2D eigenvalue weighted by Gasteiger charge is -2.13. The van der Waals surface area contributed by atoms with Crippen molar-refractivity contribution < 1.29 is 0 Å². The van der Waals surface area contributed by atoms with Crippen LogP contribution < -0.4 is 0 Å². The van der Waals surface area contributed by atoms with Crippen LogP contribution in [-0.2, 0) is 4.55 Å². The fourth-order valence-corrected chi connectivity index (χ4v) is 3.34. The van der Waals surface area contributed by atoms with Gasteiger partial charge < -0.3 is 9.07 Å². The molecule has 0 N–H and O–H groups in total. The third kappa shape index (κ3) is 2.39. The molecule has 0 spiro atoms. The predicted octanol–water partition coefficient (Wildman–Crippen LogP) is 3.28. The van der Waals surface area contributed by atoms with E-state index >= 15 is 0 Å². The first-order chi connectivity index (χ1) is 6.07. The van der Waals surface area contributed by atoms with Crippen LogP contribution in [0.5, 0.6) is 0 Å². The van der Waals surface area contributed by atoms with Gasteiger partial charge in [-0.15, -0.1) is 0 Å². The summed E-state index contributed by atoms with van der Waals surface area (Å²) >= 11 is -0.383. The fourth-order valence-electron chi connectivity index (χ4n) is 1.82. The van der Waals surface area contributed by atoms with Crippen LogP contribution in [0.4, 0.5) is 0 Å². The monoisotopic (exact) mass is 206 g/mol. The van der Waals surface area contributed by atoms with Crippen LogP contribution in [0.25, 0.3) is 0 Å². The summed E-state index contributed by atoms with van der Waals surface area (Å²) in [6.45, 7) is 8.78. The highest BCUT2D eigenvalue weighted by atomic mass is 35.5. The smallest absolute Gasteiger partial charge is 0.345 e. The van der Waals surface area contributed by atoms with Crippen LogP contribution in [0.3, 0.4) is 0 Å². The maximum atomic E-state index is 5.91. The van der Waals surface area contributed by atoms with Gasteiger partial charge in [0.2, 0.25) is 0 Å². The molecule has 0 fully saturated rings. The molecule has 1 aromatic rings. The van der Waals surface area contributed by atoms with Crippen molar-refractivity contribution in [1.82, 2.24) is 0 Å². The van der Waals surface area contributed by atoms with Crippen molar-refractivity contribution in [2.75, 3.05) is 0 Å². The number of aryl methyl sites for hydroxylation is 2. The summed E-state index contributed by atoms with van der Waals surface area (Å²) < 4.78 is 1.13. The second-order valence-corrected chi connectivity index (χ2v) is 5.69. The van der Waals surface area contributed by atoms with Gasteiger partial charge in [-0.2, -0.15) is 0 Å². The minimum Gasteiger partial charge on any atom is -0.345 e. The van der Waals surface area contributed by atoms with E-state index in [1.807, 2.05) is 0 Å². The predicted molar refractivity (Wildman–Crippen MR) is 60.7 cm³/mol.